The Morgan fingerprint density at radius 1 is 1.50 bits per heavy atom. The number of rotatable bonds is 4. The van der Waals surface area contributed by atoms with Crippen molar-refractivity contribution in [2.75, 3.05) is 13.2 Å². The van der Waals surface area contributed by atoms with Crippen molar-refractivity contribution in [1.29, 1.82) is 0 Å². The number of carbonyl (C=O) groups excluding carboxylic acids is 1. The van der Waals surface area contributed by atoms with Crippen molar-refractivity contribution >= 4 is 12.0 Å². The van der Waals surface area contributed by atoms with Gasteiger partial charge in [-0.15, -0.1) is 0 Å². The van der Waals surface area contributed by atoms with E-state index in [9.17, 15) is 4.79 Å². The van der Waals surface area contributed by atoms with Crippen LogP contribution in [0.2, 0.25) is 0 Å². The second-order valence-corrected chi connectivity index (χ2v) is 3.69. The maximum absolute atomic E-state index is 11.3. The van der Waals surface area contributed by atoms with Crippen molar-refractivity contribution in [3.63, 3.8) is 0 Å². The number of aliphatic imine (C=N–C) groups is 1. The first-order chi connectivity index (χ1) is 5.48. The Kier molecular flexibility index (Phi) is 4.74. The second kappa shape index (κ2) is 5.04. The molecule has 0 unspecified atom stereocenters. The number of aliphatic hydroxyl groups is 1. The summed E-state index contributed by atoms with van der Waals surface area (Å²) < 4.78 is 0. The van der Waals surface area contributed by atoms with Crippen LogP contribution in [0, 0.1) is 5.41 Å². The Morgan fingerprint density at radius 2 is 2.08 bits per heavy atom. The summed E-state index contributed by atoms with van der Waals surface area (Å²) in [5, 5.41) is 8.39. The van der Waals surface area contributed by atoms with E-state index in [4.69, 9.17) is 5.11 Å². The number of nitrogens with zero attached hydrogens (tertiary/aromatic N) is 1. The lowest BCUT2D eigenvalue weighted by atomic mass is 9.89. The molecule has 0 bridgehead atoms. The smallest absolute Gasteiger partial charge is 0.143 e. The quantitative estimate of drug-likeness (QED) is 0.643. The SMILES string of the molecule is CC(C)(C)C(=O)CC=NCCO. The van der Waals surface area contributed by atoms with Crippen LogP contribution in [0.5, 0.6) is 0 Å². The number of aliphatic hydroxyl groups excluding tert-OH is 1. The molecule has 0 saturated heterocycles. The van der Waals surface area contributed by atoms with Gasteiger partial charge in [-0.25, -0.2) is 0 Å². The topological polar surface area (TPSA) is 49.7 Å². The maximum Gasteiger partial charge on any atom is 0.143 e. The van der Waals surface area contributed by atoms with Gasteiger partial charge in [-0.2, -0.15) is 0 Å². The average Bonchev–Trinajstić information content (AvgIpc) is 1.96. The van der Waals surface area contributed by atoms with Gasteiger partial charge in [0, 0.05) is 18.1 Å². The zero-order chi connectivity index (χ0) is 9.61. The highest BCUT2D eigenvalue weighted by Crippen LogP contribution is 2.15. The largest absolute Gasteiger partial charge is 0.394 e. The zero-order valence-corrected chi connectivity index (χ0v) is 8.00. The Hall–Kier alpha value is -0.700. The van der Waals surface area contributed by atoms with Gasteiger partial charge in [0.15, 0.2) is 0 Å². The minimum Gasteiger partial charge on any atom is -0.394 e. The van der Waals surface area contributed by atoms with E-state index in [1.54, 1.807) is 6.21 Å². The second-order valence-electron chi connectivity index (χ2n) is 3.69. The van der Waals surface area contributed by atoms with Crippen molar-refractivity contribution in [1.82, 2.24) is 0 Å². The van der Waals surface area contributed by atoms with E-state index in [1.807, 2.05) is 20.8 Å². The van der Waals surface area contributed by atoms with E-state index in [2.05, 4.69) is 4.99 Å². The Morgan fingerprint density at radius 3 is 2.50 bits per heavy atom. The summed E-state index contributed by atoms with van der Waals surface area (Å²) in [6, 6.07) is 0. The lowest BCUT2D eigenvalue weighted by molar-refractivity contribution is -0.124. The summed E-state index contributed by atoms with van der Waals surface area (Å²) in [4.78, 5) is 15.1. The zero-order valence-electron chi connectivity index (χ0n) is 8.00. The van der Waals surface area contributed by atoms with E-state index < -0.39 is 0 Å². The molecular formula is C9H17NO2. The van der Waals surface area contributed by atoms with Crippen LogP contribution >= 0.6 is 0 Å². The van der Waals surface area contributed by atoms with E-state index in [-0.39, 0.29) is 17.8 Å². The van der Waals surface area contributed by atoms with Crippen LogP contribution in [0.25, 0.3) is 0 Å². The molecule has 0 aliphatic carbocycles. The standard InChI is InChI=1S/C9H17NO2/c1-9(2,3)8(12)4-5-10-6-7-11/h5,11H,4,6-7H2,1-3H3. The number of ketones is 1. The van der Waals surface area contributed by atoms with E-state index in [0.29, 0.717) is 13.0 Å². The van der Waals surface area contributed by atoms with E-state index in [0.717, 1.165) is 0 Å². The van der Waals surface area contributed by atoms with Gasteiger partial charge in [0.05, 0.1) is 13.2 Å². The van der Waals surface area contributed by atoms with Gasteiger partial charge in [0.1, 0.15) is 5.78 Å². The molecule has 0 rings (SSSR count). The van der Waals surface area contributed by atoms with Crippen molar-refractivity contribution in [3.8, 4) is 0 Å². The molecule has 0 amide bonds. The van der Waals surface area contributed by atoms with Gasteiger partial charge in [-0.05, 0) is 0 Å². The number of hydrogen-bond acceptors (Lipinski definition) is 3. The summed E-state index contributed by atoms with van der Waals surface area (Å²) in [5.41, 5.74) is -0.286. The van der Waals surface area contributed by atoms with Gasteiger partial charge in [-0.1, -0.05) is 20.8 Å². The van der Waals surface area contributed by atoms with Crippen LogP contribution in [0.1, 0.15) is 27.2 Å². The van der Waals surface area contributed by atoms with Crippen molar-refractivity contribution in [3.05, 3.63) is 0 Å². The summed E-state index contributed by atoms with van der Waals surface area (Å²) in [5.74, 6) is 0.171. The van der Waals surface area contributed by atoms with Crippen LogP contribution in [-0.2, 0) is 4.79 Å². The molecule has 1 N–H and O–H groups in total. The summed E-state index contributed by atoms with van der Waals surface area (Å²) in [7, 11) is 0. The first-order valence-electron chi connectivity index (χ1n) is 4.11. The third-order valence-corrected chi connectivity index (χ3v) is 1.47. The molecule has 0 aliphatic heterocycles. The Bertz CT molecular complexity index is 168. The average molecular weight is 171 g/mol. The first-order valence-corrected chi connectivity index (χ1v) is 4.11. The molecule has 3 nitrogen and oxygen atoms in total. The molecule has 0 aromatic rings. The third-order valence-electron chi connectivity index (χ3n) is 1.47. The van der Waals surface area contributed by atoms with Crippen LogP contribution in [0.3, 0.4) is 0 Å². The molecule has 12 heavy (non-hydrogen) atoms. The third kappa shape index (κ3) is 5.02. The molecule has 70 valence electrons. The number of carbonyl (C=O) groups is 1. The van der Waals surface area contributed by atoms with E-state index >= 15 is 0 Å². The highest BCUT2D eigenvalue weighted by atomic mass is 16.3. The van der Waals surface area contributed by atoms with Gasteiger partial charge >= 0.3 is 0 Å². The summed E-state index contributed by atoms with van der Waals surface area (Å²) in [6.07, 6.45) is 1.94. The highest BCUT2D eigenvalue weighted by Gasteiger charge is 2.19. The van der Waals surface area contributed by atoms with Gasteiger partial charge < -0.3 is 5.11 Å². The molecule has 0 saturated carbocycles. The molecule has 0 spiro atoms. The number of hydrogen-bond donors (Lipinski definition) is 1. The van der Waals surface area contributed by atoms with Crippen LogP contribution < -0.4 is 0 Å². The lowest BCUT2D eigenvalue weighted by Crippen LogP contribution is -2.20. The molecule has 0 atom stereocenters. The molecule has 0 aromatic carbocycles. The van der Waals surface area contributed by atoms with Gasteiger partial charge in [-0.3, -0.25) is 9.79 Å². The lowest BCUT2D eigenvalue weighted by Gasteiger charge is -2.14. The summed E-state index contributed by atoms with van der Waals surface area (Å²) in [6.45, 7) is 6.08. The normalized spacial score (nSPS) is 12.3. The van der Waals surface area contributed by atoms with Crippen molar-refractivity contribution in [2.45, 2.75) is 27.2 Å². The molecule has 0 heterocycles. The molecule has 0 radical (unpaired) electrons. The minimum absolute atomic E-state index is 0.0419. The predicted octanol–water partition coefficient (Wildman–Crippen LogP) is 1.05. The fourth-order valence-corrected chi connectivity index (χ4v) is 0.603. The minimum atomic E-state index is -0.286. The fraction of sp³-hybridized carbons (Fsp3) is 0.778. The fourth-order valence-electron chi connectivity index (χ4n) is 0.603. The van der Waals surface area contributed by atoms with Crippen LogP contribution in [-0.4, -0.2) is 30.3 Å². The monoisotopic (exact) mass is 171 g/mol. The number of Topliss-reactive ketones (excluding diaryl/α,β-unsaturated/α-hetero) is 1. The molecule has 3 heteroatoms. The first kappa shape index (κ1) is 11.3. The van der Waals surface area contributed by atoms with E-state index in [1.165, 1.54) is 0 Å². The Labute approximate surface area is 73.5 Å². The predicted molar refractivity (Wildman–Crippen MR) is 49.5 cm³/mol. The molecule has 0 aliphatic rings. The van der Waals surface area contributed by atoms with Gasteiger partial charge in [0.2, 0.25) is 0 Å². The highest BCUT2D eigenvalue weighted by molar-refractivity contribution is 5.94. The Balaban J connectivity index is 3.72. The molecule has 0 aromatic heterocycles. The van der Waals surface area contributed by atoms with Crippen molar-refractivity contribution < 1.29 is 9.90 Å². The summed E-state index contributed by atoms with van der Waals surface area (Å²) >= 11 is 0. The molecule has 0 fully saturated rings. The maximum atomic E-state index is 11.3. The van der Waals surface area contributed by atoms with Crippen molar-refractivity contribution in [2.24, 2.45) is 10.4 Å². The molecular weight excluding hydrogens is 154 g/mol. The van der Waals surface area contributed by atoms with Crippen LogP contribution in [0.15, 0.2) is 4.99 Å². The van der Waals surface area contributed by atoms with Gasteiger partial charge in [0.25, 0.3) is 0 Å². The van der Waals surface area contributed by atoms with Crippen LogP contribution in [0.4, 0.5) is 0 Å².